The standard InChI is InChI=1S/C59H33N3S/c1-2-14-34(15-3-1)35-28-31-45-52(33-35)63-57-55(60-58(61-56(45)57)62-50-26-12-21-43-37-16-4-5-17-38(37)44-22-13-27-51(62)54(44)53(43)50)36-29-30-42-41-20-8-11-25-48(41)59(49(42)32-36)46-23-9-6-18-39(46)40-19-7-10-24-47(40)59/h1-33H. The molecule has 3 heterocycles. The van der Waals surface area contributed by atoms with Crippen LogP contribution in [0, 0.1) is 0 Å². The van der Waals surface area contributed by atoms with E-state index >= 15 is 0 Å². The summed E-state index contributed by atoms with van der Waals surface area (Å²) in [6.45, 7) is 0. The molecule has 15 rings (SSSR count). The Kier molecular flexibility index (Phi) is 6.50. The van der Waals surface area contributed by atoms with E-state index in [1.807, 2.05) is 0 Å². The molecule has 3 nitrogen and oxygen atoms in total. The van der Waals surface area contributed by atoms with Crippen LogP contribution < -0.4 is 0 Å². The number of thiophene rings is 1. The lowest BCUT2D eigenvalue weighted by Crippen LogP contribution is -2.25. The van der Waals surface area contributed by atoms with Crippen LogP contribution in [0.15, 0.2) is 200 Å². The van der Waals surface area contributed by atoms with Crippen LogP contribution in [0.2, 0.25) is 0 Å². The van der Waals surface area contributed by atoms with Crippen molar-refractivity contribution >= 4 is 75.0 Å². The maximum absolute atomic E-state index is 5.76. The highest BCUT2D eigenvalue weighted by Crippen LogP contribution is 2.63. The third kappa shape index (κ3) is 4.24. The largest absolute Gasteiger partial charge is 0.278 e. The Balaban J connectivity index is 1.05. The van der Waals surface area contributed by atoms with Crippen LogP contribution in [0.1, 0.15) is 22.3 Å². The van der Waals surface area contributed by atoms with Gasteiger partial charge in [-0.15, -0.1) is 11.3 Å². The first-order valence-corrected chi connectivity index (χ1v) is 22.5. The summed E-state index contributed by atoms with van der Waals surface area (Å²) < 4.78 is 4.61. The maximum atomic E-state index is 5.76. The zero-order valence-electron chi connectivity index (χ0n) is 33.8. The van der Waals surface area contributed by atoms with Gasteiger partial charge in [0, 0.05) is 26.4 Å². The molecule has 2 aliphatic carbocycles. The van der Waals surface area contributed by atoms with Gasteiger partial charge < -0.3 is 0 Å². The van der Waals surface area contributed by atoms with Crippen molar-refractivity contribution in [2.45, 2.75) is 5.41 Å². The lowest BCUT2D eigenvalue weighted by atomic mass is 9.70. The normalized spacial score (nSPS) is 13.5. The van der Waals surface area contributed by atoms with E-state index in [1.54, 1.807) is 11.3 Å². The summed E-state index contributed by atoms with van der Waals surface area (Å²) in [5, 5.41) is 8.68. The van der Waals surface area contributed by atoms with Crippen molar-refractivity contribution in [2.75, 3.05) is 0 Å². The van der Waals surface area contributed by atoms with Gasteiger partial charge in [0.2, 0.25) is 5.95 Å². The molecule has 3 aromatic heterocycles. The molecule has 0 saturated carbocycles. The van der Waals surface area contributed by atoms with Gasteiger partial charge in [0.1, 0.15) is 0 Å². The van der Waals surface area contributed by atoms with E-state index in [9.17, 15) is 0 Å². The Hall–Kier alpha value is -7.92. The average Bonchev–Trinajstić information content (AvgIpc) is 4.07. The van der Waals surface area contributed by atoms with E-state index in [2.05, 4.69) is 205 Å². The van der Waals surface area contributed by atoms with Crippen molar-refractivity contribution in [3.63, 3.8) is 0 Å². The fourth-order valence-electron chi connectivity index (χ4n) is 11.7. The van der Waals surface area contributed by atoms with Gasteiger partial charge >= 0.3 is 0 Å². The molecule has 0 N–H and O–H groups in total. The van der Waals surface area contributed by atoms with E-state index in [0.29, 0.717) is 5.95 Å². The summed E-state index contributed by atoms with van der Waals surface area (Å²) in [6, 6.07) is 73.9. The zero-order valence-corrected chi connectivity index (χ0v) is 34.6. The predicted molar refractivity (Wildman–Crippen MR) is 263 cm³/mol. The minimum absolute atomic E-state index is 0.460. The first kappa shape index (κ1) is 33.8. The highest BCUT2D eigenvalue weighted by Gasteiger charge is 2.51. The van der Waals surface area contributed by atoms with Crippen LogP contribution in [0.5, 0.6) is 0 Å². The number of fused-ring (bicyclic) bond motifs is 16. The van der Waals surface area contributed by atoms with Gasteiger partial charge in [0.05, 0.1) is 32.4 Å². The Morgan fingerprint density at radius 2 is 0.921 bits per heavy atom. The van der Waals surface area contributed by atoms with Gasteiger partial charge in [-0.1, -0.05) is 176 Å². The fraction of sp³-hybridized carbons (Fsp3) is 0.0169. The summed E-state index contributed by atoms with van der Waals surface area (Å²) in [4.78, 5) is 11.4. The van der Waals surface area contributed by atoms with Crippen molar-refractivity contribution in [3.05, 3.63) is 222 Å². The highest BCUT2D eigenvalue weighted by molar-refractivity contribution is 7.26. The molecule has 0 bridgehead atoms. The smallest absolute Gasteiger partial charge is 0.235 e. The third-order valence-corrected chi connectivity index (χ3v) is 15.4. The van der Waals surface area contributed by atoms with E-state index in [1.165, 1.54) is 92.7 Å². The number of benzene rings is 10. The quantitative estimate of drug-likeness (QED) is 0.166. The molecule has 0 atom stereocenters. The first-order chi connectivity index (χ1) is 31.3. The van der Waals surface area contributed by atoms with E-state index in [0.717, 1.165) is 37.9 Å². The van der Waals surface area contributed by atoms with Crippen molar-refractivity contribution in [1.29, 1.82) is 0 Å². The Labute approximate surface area is 366 Å². The van der Waals surface area contributed by atoms with Crippen molar-refractivity contribution in [2.24, 2.45) is 0 Å². The summed E-state index contributed by atoms with van der Waals surface area (Å²) in [5.41, 5.74) is 17.7. The molecule has 0 amide bonds. The van der Waals surface area contributed by atoms with Crippen LogP contribution in [0.3, 0.4) is 0 Å². The second kappa shape index (κ2) is 12.1. The molecule has 0 unspecified atom stereocenters. The van der Waals surface area contributed by atoms with Crippen molar-refractivity contribution in [3.8, 4) is 50.6 Å². The summed E-state index contributed by atoms with van der Waals surface area (Å²) in [5.74, 6) is 0.680. The Morgan fingerprint density at radius 1 is 0.381 bits per heavy atom. The summed E-state index contributed by atoms with van der Waals surface area (Å²) in [6.07, 6.45) is 0. The number of hydrogen-bond donors (Lipinski definition) is 0. The third-order valence-electron chi connectivity index (χ3n) is 14.2. The first-order valence-electron chi connectivity index (χ1n) is 21.7. The number of rotatable bonds is 3. The number of aromatic nitrogens is 3. The van der Waals surface area contributed by atoms with Gasteiger partial charge in [0.25, 0.3) is 0 Å². The highest BCUT2D eigenvalue weighted by atomic mass is 32.1. The van der Waals surface area contributed by atoms with E-state index in [4.69, 9.17) is 9.97 Å². The minimum atomic E-state index is -0.460. The number of hydrogen-bond acceptors (Lipinski definition) is 3. The molecule has 0 saturated heterocycles. The molecule has 0 fully saturated rings. The van der Waals surface area contributed by atoms with Crippen molar-refractivity contribution < 1.29 is 0 Å². The van der Waals surface area contributed by atoms with Crippen molar-refractivity contribution in [1.82, 2.24) is 14.5 Å². The summed E-state index contributed by atoms with van der Waals surface area (Å²) >= 11 is 1.80. The Morgan fingerprint density at radius 3 is 1.56 bits per heavy atom. The molecule has 4 heteroatoms. The van der Waals surface area contributed by atoms with Crippen LogP contribution in [0.25, 0.3) is 114 Å². The Bertz CT molecular complexity index is 3950. The van der Waals surface area contributed by atoms with Crippen LogP contribution in [0.4, 0.5) is 0 Å². The zero-order chi connectivity index (χ0) is 41.0. The predicted octanol–water partition coefficient (Wildman–Crippen LogP) is 15.4. The molecule has 13 aromatic rings. The van der Waals surface area contributed by atoms with Crippen LogP contribution >= 0.6 is 11.3 Å². The van der Waals surface area contributed by atoms with Gasteiger partial charge in [-0.2, -0.15) is 0 Å². The van der Waals surface area contributed by atoms with E-state index < -0.39 is 5.41 Å². The van der Waals surface area contributed by atoms with Gasteiger partial charge in [0.15, 0.2) is 0 Å². The summed E-state index contributed by atoms with van der Waals surface area (Å²) in [7, 11) is 0. The van der Waals surface area contributed by atoms with E-state index in [-0.39, 0.29) is 0 Å². The molecule has 10 aromatic carbocycles. The second-order valence-corrected chi connectivity index (χ2v) is 18.2. The maximum Gasteiger partial charge on any atom is 0.235 e. The SMILES string of the molecule is c1ccc(-c2ccc3c(c2)sc2c(-c4ccc5c(c4)C4(c6ccccc6-c6ccccc64)c4ccccc4-5)nc(-n4c5cccc6c7ccccc7c7cccc4c7c65)nc23)cc1. The molecule has 1 spiro atoms. The lowest BCUT2D eigenvalue weighted by molar-refractivity contribution is 0.794. The second-order valence-electron chi connectivity index (χ2n) is 17.2. The molecule has 0 aliphatic heterocycles. The molecule has 290 valence electrons. The van der Waals surface area contributed by atoms with Gasteiger partial charge in [-0.25, -0.2) is 9.97 Å². The molecule has 2 aliphatic rings. The fourth-order valence-corrected chi connectivity index (χ4v) is 12.9. The topological polar surface area (TPSA) is 30.7 Å². The van der Waals surface area contributed by atoms with Crippen LogP contribution in [-0.2, 0) is 5.41 Å². The van der Waals surface area contributed by atoms with Crippen LogP contribution in [-0.4, -0.2) is 14.5 Å². The minimum Gasteiger partial charge on any atom is -0.278 e. The monoisotopic (exact) mass is 815 g/mol. The number of nitrogens with zero attached hydrogens (tertiary/aromatic N) is 3. The lowest BCUT2D eigenvalue weighted by Gasteiger charge is -2.30. The molecular formula is C59H33N3S. The molecule has 63 heavy (non-hydrogen) atoms. The van der Waals surface area contributed by atoms with Gasteiger partial charge in [-0.05, 0) is 101 Å². The average molecular weight is 816 g/mol. The molecule has 0 radical (unpaired) electrons. The van der Waals surface area contributed by atoms with Gasteiger partial charge in [-0.3, -0.25) is 4.57 Å². The molecular weight excluding hydrogens is 783 g/mol.